The fraction of sp³-hybridized carbons (Fsp3) is 0.500. The van der Waals surface area contributed by atoms with E-state index in [2.05, 4.69) is 21.2 Å². The first-order chi connectivity index (χ1) is 9.02. The summed E-state index contributed by atoms with van der Waals surface area (Å²) in [6.07, 6.45) is 0.889. The largest absolute Gasteiger partial charge is 0.481 e. The van der Waals surface area contributed by atoms with E-state index in [1.165, 1.54) is 0 Å². The Hall–Kier alpha value is -1.07. The van der Waals surface area contributed by atoms with Crippen molar-refractivity contribution in [2.45, 2.75) is 38.8 Å². The third-order valence-electron chi connectivity index (χ3n) is 2.66. The topological polar surface area (TPSA) is 58.6 Å². The lowest BCUT2D eigenvalue weighted by molar-refractivity contribution is -0.127. The fourth-order valence-electron chi connectivity index (χ4n) is 1.63. The van der Waals surface area contributed by atoms with Gasteiger partial charge in [-0.15, -0.1) is 0 Å². The fourth-order valence-corrected chi connectivity index (χ4v) is 2.01. The van der Waals surface area contributed by atoms with E-state index in [1.807, 2.05) is 31.2 Å². The molecule has 0 spiro atoms. The average Bonchev–Trinajstić information content (AvgIpc) is 2.36. The summed E-state index contributed by atoms with van der Waals surface area (Å²) in [6, 6.07) is 7.42. The third-order valence-corrected chi connectivity index (χ3v) is 3.16. The average molecular weight is 330 g/mol. The SMILES string of the molecule is CC(CCCO)NC(=O)C(C)Oc1cccc(Br)c1. The standard InChI is InChI=1S/C14H20BrNO3/c1-10(5-4-8-17)16-14(18)11(2)19-13-7-3-6-12(15)9-13/h3,6-7,9-11,17H,4-5,8H2,1-2H3,(H,16,18). The summed E-state index contributed by atoms with van der Waals surface area (Å²) >= 11 is 3.35. The van der Waals surface area contributed by atoms with Crippen LogP contribution in [0.5, 0.6) is 5.75 Å². The molecule has 106 valence electrons. The van der Waals surface area contributed by atoms with Gasteiger partial charge in [0.2, 0.25) is 0 Å². The number of amides is 1. The molecule has 0 fully saturated rings. The Bertz CT molecular complexity index is 411. The first-order valence-corrected chi connectivity index (χ1v) is 7.15. The number of benzene rings is 1. The van der Waals surface area contributed by atoms with Gasteiger partial charge in [0.05, 0.1) is 0 Å². The summed E-state index contributed by atoms with van der Waals surface area (Å²) in [7, 11) is 0. The van der Waals surface area contributed by atoms with Crippen LogP contribution >= 0.6 is 15.9 Å². The van der Waals surface area contributed by atoms with Gasteiger partial charge in [-0.1, -0.05) is 22.0 Å². The van der Waals surface area contributed by atoms with Crippen molar-refractivity contribution in [1.82, 2.24) is 5.32 Å². The van der Waals surface area contributed by atoms with Crippen molar-refractivity contribution in [3.63, 3.8) is 0 Å². The van der Waals surface area contributed by atoms with E-state index in [0.717, 1.165) is 10.9 Å². The maximum absolute atomic E-state index is 11.9. The Balaban J connectivity index is 2.44. The van der Waals surface area contributed by atoms with E-state index < -0.39 is 6.10 Å². The van der Waals surface area contributed by atoms with Crippen molar-refractivity contribution in [2.24, 2.45) is 0 Å². The van der Waals surface area contributed by atoms with Crippen molar-refractivity contribution >= 4 is 21.8 Å². The summed E-state index contributed by atoms with van der Waals surface area (Å²) in [5, 5.41) is 11.6. The predicted molar refractivity (Wildman–Crippen MR) is 78.2 cm³/mol. The molecule has 0 aliphatic carbocycles. The quantitative estimate of drug-likeness (QED) is 0.808. The van der Waals surface area contributed by atoms with E-state index >= 15 is 0 Å². The number of aliphatic hydroxyl groups excluding tert-OH is 1. The van der Waals surface area contributed by atoms with Crippen LogP contribution in [0.1, 0.15) is 26.7 Å². The summed E-state index contributed by atoms with van der Waals surface area (Å²) in [5.74, 6) is 0.505. The van der Waals surface area contributed by atoms with Crippen LogP contribution in [0.25, 0.3) is 0 Å². The molecule has 0 aromatic heterocycles. The second-order valence-corrected chi connectivity index (χ2v) is 5.41. The van der Waals surface area contributed by atoms with Crippen LogP contribution in [-0.2, 0) is 4.79 Å². The lowest BCUT2D eigenvalue weighted by Crippen LogP contribution is -2.41. The number of rotatable bonds is 7. The Morgan fingerprint density at radius 2 is 2.21 bits per heavy atom. The number of nitrogens with one attached hydrogen (secondary N) is 1. The van der Waals surface area contributed by atoms with Crippen molar-refractivity contribution in [3.05, 3.63) is 28.7 Å². The molecule has 1 amide bonds. The number of hydrogen-bond acceptors (Lipinski definition) is 3. The smallest absolute Gasteiger partial charge is 0.260 e. The van der Waals surface area contributed by atoms with Gasteiger partial charge in [-0.25, -0.2) is 0 Å². The van der Waals surface area contributed by atoms with Gasteiger partial charge in [0.15, 0.2) is 6.10 Å². The van der Waals surface area contributed by atoms with Gasteiger partial charge in [-0.2, -0.15) is 0 Å². The van der Waals surface area contributed by atoms with Crippen LogP contribution in [0.4, 0.5) is 0 Å². The zero-order chi connectivity index (χ0) is 14.3. The molecule has 4 nitrogen and oxygen atoms in total. The highest BCUT2D eigenvalue weighted by Crippen LogP contribution is 2.18. The van der Waals surface area contributed by atoms with Crippen LogP contribution in [0.15, 0.2) is 28.7 Å². The van der Waals surface area contributed by atoms with E-state index in [1.54, 1.807) is 6.92 Å². The van der Waals surface area contributed by atoms with Crippen molar-refractivity contribution < 1.29 is 14.6 Å². The van der Waals surface area contributed by atoms with Crippen LogP contribution in [0.2, 0.25) is 0 Å². The Morgan fingerprint density at radius 1 is 1.47 bits per heavy atom. The van der Waals surface area contributed by atoms with E-state index in [0.29, 0.717) is 12.2 Å². The Kier molecular flexibility index (Phi) is 6.87. The maximum atomic E-state index is 11.9. The highest BCUT2D eigenvalue weighted by Gasteiger charge is 2.16. The molecule has 0 bridgehead atoms. The molecule has 0 saturated carbocycles. The molecule has 0 aliphatic heterocycles. The molecule has 2 unspecified atom stereocenters. The van der Waals surface area contributed by atoms with E-state index in [4.69, 9.17) is 9.84 Å². The van der Waals surface area contributed by atoms with Crippen LogP contribution in [0, 0.1) is 0 Å². The van der Waals surface area contributed by atoms with Gasteiger partial charge in [-0.3, -0.25) is 4.79 Å². The van der Waals surface area contributed by atoms with Crippen molar-refractivity contribution in [3.8, 4) is 5.75 Å². The number of hydrogen-bond donors (Lipinski definition) is 2. The first-order valence-electron chi connectivity index (χ1n) is 6.36. The second-order valence-electron chi connectivity index (χ2n) is 4.49. The normalized spacial score (nSPS) is 13.7. The molecule has 2 N–H and O–H groups in total. The molecule has 1 aromatic rings. The zero-order valence-corrected chi connectivity index (χ0v) is 12.8. The summed E-state index contributed by atoms with van der Waals surface area (Å²) < 4.78 is 6.48. The van der Waals surface area contributed by atoms with Crippen LogP contribution in [0.3, 0.4) is 0 Å². The van der Waals surface area contributed by atoms with Gasteiger partial charge in [0, 0.05) is 17.1 Å². The Labute approximate surface area is 122 Å². The lowest BCUT2D eigenvalue weighted by atomic mass is 10.2. The highest BCUT2D eigenvalue weighted by molar-refractivity contribution is 9.10. The molecule has 5 heteroatoms. The second kappa shape index (κ2) is 8.17. The van der Waals surface area contributed by atoms with Gasteiger partial charge >= 0.3 is 0 Å². The third kappa shape index (κ3) is 6.07. The van der Waals surface area contributed by atoms with Crippen molar-refractivity contribution in [1.29, 1.82) is 0 Å². The molecule has 0 heterocycles. The molecule has 2 atom stereocenters. The molecule has 1 rings (SSSR count). The molecule has 19 heavy (non-hydrogen) atoms. The minimum Gasteiger partial charge on any atom is -0.481 e. The first kappa shape index (κ1) is 16.0. The number of aliphatic hydroxyl groups is 1. The van der Waals surface area contributed by atoms with Gasteiger partial charge in [0.25, 0.3) is 5.91 Å². The monoisotopic (exact) mass is 329 g/mol. The van der Waals surface area contributed by atoms with Gasteiger partial charge in [0.1, 0.15) is 5.75 Å². The van der Waals surface area contributed by atoms with E-state index in [9.17, 15) is 4.79 Å². The molecule has 1 aromatic carbocycles. The number of carbonyl (C=O) groups is 1. The maximum Gasteiger partial charge on any atom is 0.260 e. The van der Waals surface area contributed by atoms with Crippen LogP contribution in [-0.4, -0.2) is 29.8 Å². The zero-order valence-electron chi connectivity index (χ0n) is 11.2. The molecular formula is C14H20BrNO3. The molecule has 0 saturated heterocycles. The summed E-state index contributed by atoms with van der Waals surface area (Å²) in [6.45, 7) is 3.78. The minimum absolute atomic E-state index is 0.0354. The lowest BCUT2D eigenvalue weighted by Gasteiger charge is -2.18. The molecular weight excluding hydrogens is 310 g/mol. The van der Waals surface area contributed by atoms with Gasteiger partial charge in [-0.05, 0) is 44.9 Å². The summed E-state index contributed by atoms with van der Waals surface area (Å²) in [4.78, 5) is 11.9. The highest BCUT2D eigenvalue weighted by atomic mass is 79.9. The van der Waals surface area contributed by atoms with Gasteiger partial charge < -0.3 is 15.2 Å². The van der Waals surface area contributed by atoms with E-state index in [-0.39, 0.29) is 18.6 Å². The van der Waals surface area contributed by atoms with Crippen molar-refractivity contribution in [2.75, 3.05) is 6.61 Å². The predicted octanol–water partition coefficient (Wildman–Crippen LogP) is 2.49. The minimum atomic E-state index is -0.550. The van der Waals surface area contributed by atoms with Crippen LogP contribution < -0.4 is 10.1 Å². The number of carbonyl (C=O) groups excluding carboxylic acids is 1. The Morgan fingerprint density at radius 3 is 2.84 bits per heavy atom. The molecule has 0 radical (unpaired) electrons. The molecule has 0 aliphatic rings. The number of ether oxygens (including phenoxy) is 1. The number of halogens is 1. The summed E-state index contributed by atoms with van der Waals surface area (Å²) in [5.41, 5.74) is 0.